The summed E-state index contributed by atoms with van der Waals surface area (Å²) < 4.78 is 1.81. The van der Waals surface area contributed by atoms with Gasteiger partial charge in [-0.1, -0.05) is 90.1 Å². The molecule has 5 rings (SSSR count). The normalized spacial score (nSPS) is 16.2. The Bertz CT molecular complexity index is 1180. The van der Waals surface area contributed by atoms with Crippen LogP contribution in [0.2, 0.25) is 0 Å². The molecular weight excluding hydrogens is 408 g/mol. The predicted molar refractivity (Wildman–Crippen MR) is 129 cm³/mol. The van der Waals surface area contributed by atoms with Gasteiger partial charge in [0.1, 0.15) is 6.04 Å². The number of aromatic nitrogens is 3. The van der Waals surface area contributed by atoms with E-state index in [1.807, 2.05) is 41.3 Å². The van der Waals surface area contributed by atoms with E-state index in [1.54, 1.807) is 10.9 Å². The van der Waals surface area contributed by atoms with Gasteiger partial charge < -0.3 is 4.90 Å². The van der Waals surface area contributed by atoms with Gasteiger partial charge in [-0.05, 0) is 42.0 Å². The van der Waals surface area contributed by atoms with Gasteiger partial charge >= 0.3 is 0 Å². The molecule has 1 fully saturated rings. The molecule has 1 aliphatic heterocycles. The second kappa shape index (κ2) is 9.41. The number of nitrogens with zero attached hydrogens (tertiary/aromatic N) is 4. The van der Waals surface area contributed by atoms with Crippen molar-refractivity contribution in [3.8, 4) is 0 Å². The van der Waals surface area contributed by atoms with Gasteiger partial charge in [-0.2, -0.15) is 0 Å². The number of carbonyl (C=O) groups is 1. The minimum atomic E-state index is -0.137. The second-order valence-electron chi connectivity index (χ2n) is 8.75. The van der Waals surface area contributed by atoms with Crippen molar-refractivity contribution in [2.45, 2.75) is 31.7 Å². The molecule has 1 saturated heterocycles. The highest BCUT2D eigenvalue weighted by Crippen LogP contribution is 2.30. The second-order valence-corrected chi connectivity index (χ2v) is 8.75. The molecule has 166 valence electrons. The maximum atomic E-state index is 13.4. The molecular formula is C28H28N4O. The number of hydrogen-bond donors (Lipinski definition) is 0. The Balaban J connectivity index is 1.40. The van der Waals surface area contributed by atoms with Crippen molar-refractivity contribution in [3.05, 3.63) is 119 Å². The average molecular weight is 437 g/mol. The van der Waals surface area contributed by atoms with Crippen LogP contribution >= 0.6 is 0 Å². The number of rotatable bonds is 5. The van der Waals surface area contributed by atoms with E-state index in [-0.39, 0.29) is 11.9 Å². The zero-order valence-corrected chi connectivity index (χ0v) is 18.8. The van der Waals surface area contributed by atoms with Crippen molar-refractivity contribution in [3.63, 3.8) is 0 Å². The van der Waals surface area contributed by atoms with E-state index in [4.69, 9.17) is 0 Å². The lowest BCUT2D eigenvalue weighted by Gasteiger charge is -2.33. The lowest BCUT2D eigenvalue weighted by atomic mass is 9.88. The molecule has 0 N–H and O–H groups in total. The number of benzene rings is 3. The number of hydrogen-bond acceptors (Lipinski definition) is 3. The quantitative estimate of drug-likeness (QED) is 0.430. The monoisotopic (exact) mass is 436 g/mol. The fourth-order valence-corrected chi connectivity index (χ4v) is 4.89. The first-order chi connectivity index (χ1) is 16.2. The summed E-state index contributed by atoms with van der Waals surface area (Å²) >= 11 is 0. The van der Waals surface area contributed by atoms with Gasteiger partial charge in [0.05, 0.1) is 6.20 Å². The van der Waals surface area contributed by atoms with Crippen molar-refractivity contribution < 1.29 is 4.79 Å². The maximum absolute atomic E-state index is 13.4. The highest BCUT2D eigenvalue weighted by molar-refractivity contribution is 5.92. The summed E-state index contributed by atoms with van der Waals surface area (Å²) in [6.45, 7) is 3.63. The van der Waals surface area contributed by atoms with Gasteiger partial charge in [0.15, 0.2) is 5.69 Å². The van der Waals surface area contributed by atoms with Crippen molar-refractivity contribution in [2.24, 2.45) is 0 Å². The third-order valence-electron chi connectivity index (χ3n) is 6.56. The third-order valence-corrected chi connectivity index (χ3v) is 6.56. The van der Waals surface area contributed by atoms with Crippen molar-refractivity contribution in [2.75, 3.05) is 13.1 Å². The topological polar surface area (TPSA) is 51.0 Å². The van der Waals surface area contributed by atoms with Gasteiger partial charge in [0.25, 0.3) is 5.91 Å². The van der Waals surface area contributed by atoms with Crippen molar-refractivity contribution >= 4 is 5.91 Å². The van der Waals surface area contributed by atoms with Crippen molar-refractivity contribution in [1.82, 2.24) is 19.9 Å². The zero-order valence-electron chi connectivity index (χ0n) is 18.8. The fraction of sp³-hybridized carbons (Fsp3) is 0.250. The van der Waals surface area contributed by atoms with Gasteiger partial charge in [-0.3, -0.25) is 4.79 Å². The highest BCUT2D eigenvalue weighted by atomic mass is 16.2. The molecule has 1 atom stereocenters. The zero-order chi connectivity index (χ0) is 22.6. The largest absolute Gasteiger partial charge is 0.337 e. The molecule has 5 heteroatoms. The lowest BCUT2D eigenvalue weighted by Crippen LogP contribution is -2.39. The van der Waals surface area contributed by atoms with Gasteiger partial charge in [-0.15, -0.1) is 5.10 Å². The molecule has 0 unspecified atom stereocenters. The van der Waals surface area contributed by atoms with Gasteiger partial charge in [-0.25, -0.2) is 4.68 Å². The van der Waals surface area contributed by atoms with Crippen LogP contribution in [0.25, 0.3) is 0 Å². The van der Waals surface area contributed by atoms with Crippen LogP contribution in [0.4, 0.5) is 0 Å². The van der Waals surface area contributed by atoms with Crippen LogP contribution in [0.3, 0.4) is 0 Å². The third kappa shape index (κ3) is 4.44. The first-order valence-corrected chi connectivity index (χ1v) is 11.6. The van der Waals surface area contributed by atoms with E-state index in [1.165, 1.54) is 11.1 Å². The fourth-order valence-electron chi connectivity index (χ4n) is 4.89. The Morgan fingerprint density at radius 3 is 2.21 bits per heavy atom. The van der Waals surface area contributed by atoms with E-state index in [9.17, 15) is 4.79 Å². The van der Waals surface area contributed by atoms with E-state index in [0.717, 1.165) is 37.1 Å². The summed E-state index contributed by atoms with van der Waals surface area (Å²) in [4.78, 5) is 15.3. The lowest BCUT2D eigenvalue weighted by molar-refractivity contribution is 0.0700. The Morgan fingerprint density at radius 1 is 0.909 bits per heavy atom. The van der Waals surface area contributed by atoms with Crippen molar-refractivity contribution in [1.29, 1.82) is 0 Å². The number of carbonyl (C=O) groups excluding carboxylic acids is 1. The maximum Gasteiger partial charge on any atom is 0.276 e. The SMILES string of the molecule is Cc1ccccc1[C@@H]1CCCN(C(=O)c2cn(C(c3ccccc3)c3ccccc3)nn2)C1. The number of likely N-dealkylation sites (tertiary alicyclic amines) is 1. The number of amides is 1. The number of piperidine rings is 1. The first-order valence-electron chi connectivity index (χ1n) is 11.6. The molecule has 4 aromatic rings. The average Bonchev–Trinajstić information content (AvgIpc) is 3.35. The molecule has 0 bridgehead atoms. The summed E-state index contributed by atoms with van der Waals surface area (Å²) in [5.74, 6) is 0.319. The van der Waals surface area contributed by atoms with E-state index in [0.29, 0.717) is 11.6 Å². The highest BCUT2D eigenvalue weighted by Gasteiger charge is 2.28. The predicted octanol–water partition coefficient (Wildman–Crippen LogP) is 5.24. The van der Waals surface area contributed by atoms with Crippen LogP contribution in [0.15, 0.2) is 91.1 Å². The first kappa shape index (κ1) is 21.1. The smallest absolute Gasteiger partial charge is 0.276 e. The molecule has 1 aliphatic rings. The van der Waals surface area contributed by atoms with Crippen LogP contribution in [0.1, 0.15) is 57.5 Å². The minimum Gasteiger partial charge on any atom is -0.337 e. The standard InChI is InChI=1S/C28H28N4O/c1-21-11-8-9-17-25(21)24-16-10-18-31(19-24)28(33)26-20-32(30-29-26)27(22-12-4-2-5-13-22)23-14-6-3-7-15-23/h2-9,11-15,17,20,24,27H,10,16,18-19H2,1H3/t24-/m1/s1. The summed E-state index contributed by atoms with van der Waals surface area (Å²) in [6.07, 6.45) is 3.89. The van der Waals surface area contributed by atoms with Gasteiger partial charge in [0.2, 0.25) is 0 Å². The molecule has 5 nitrogen and oxygen atoms in total. The van der Waals surface area contributed by atoms with Crippen LogP contribution in [0, 0.1) is 6.92 Å². The molecule has 3 aromatic carbocycles. The van der Waals surface area contributed by atoms with E-state index < -0.39 is 0 Å². The Morgan fingerprint density at radius 2 is 1.55 bits per heavy atom. The Kier molecular flexibility index (Phi) is 6.03. The van der Waals surface area contributed by atoms with Crippen LogP contribution in [0.5, 0.6) is 0 Å². The molecule has 2 heterocycles. The molecule has 33 heavy (non-hydrogen) atoms. The van der Waals surface area contributed by atoms with E-state index in [2.05, 4.69) is 65.8 Å². The Hall–Kier alpha value is -3.73. The Labute approximate surface area is 194 Å². The van der Waals surface area contributed by atoms with Gasteiger partial charge in [0, 0.05) is 19.0 Å². The van der Waals surface area contributed by atoms with Crippen LogP contribution in [-0.4, -0.2) is 38.9 Å². The molecule has 1 aromatic heterocycles. The summed E-state index contributed by atoms with van der Waals surface area (Å²) in [5, 5.41) is 8.70. The molecule has 0 radical (unpaired) electrons. The van der Waals surface area contributed by atoms with Crippen LogP contribution < -0.4 is 0 Å². The summed E-state index contributed by atoms with van der Waals surface area (Å²) in [7, 11) is 0. The minimum absolute atomic E-state index is 0.0422. The van der Waals surface area contributed by atoms with Crippen LogP contribution in [-0.2, 0) is 0 Å². The molecule has 0 saturated carbocycles. The summed E-state index contributed by atoms with van der Waals surface area (Å²) in [5.41, 5.74) is 5.23. The summed E-state index contributed by atoms with van der Waals surface area (Å²) in [6, 6.07) is 28.8. The number of aryl methyl sites for hydroxylation is 1. The molecule has 0 aliphatic carbocycles. The molecule has 1 amide bonds. The molecule has 0 spiro atoms. The van der Waals surface area contributed by atoms with E-state index >= 15 is 0 Å².